The lowest BCUT2D eigenvalue weighted by molar-refractivity contribution is 0.0697. The Morgan fingerprint density at radius 2 is 1.73 bits per heavy atom. The Morgan fingerprint density at radius 3 is 2.35 bits per heavy atom. The normalized spacial score (nSPS) is 19.6. The van der Waals surface area contributed by atoms with Crippen molar-refractivity contribution >= 4 is 29.1 Å². The van der Waals surface area contributed by atoms with Gasteiger partial charge in [0.2, 0.25) is 0 Å². The highest BCUT2D eigenvalue weighted by Gasteiger charge is 2.43. The zero-order valence-corrected chi connectivity index (χ0v) is 23.0. The Labute approximate surface area is 233 Å². The van der Waals surface area contributed by atoms with Gasteiger partial charge in [0.1, 0.15) is 11.6 Å². The van der Waals surface area contributed by atoms with Crippen molar-refractivity contribution < 1.29 is 23.5 Å². The number of benzene rings is 3. The van der Waals surface area contributed by atoms with E-state index in [2.05, 4.69) is 29.4 Å². The van der Waals surface area contributed by atoms with E-state index in [0.29, 0.717) is 35.4 Å². The molecule has 210 valence electrons. The van der Waals surface area contributed by atoms with Crippen molar-refractivity contribution in [2.45, 2.75) is 52.5 Å². The minimum Gasteiger partial charge on any atom is -0.478 e. The number of hydrogen-bond donors (Lipinski definition) is 3. The molecule has 0 heterocycles. The molecule has 0 unspecified atom stereocenters. The molecule has 2 aliphatic rings. The number of carboxylic acids is 1. The first-order chi connectivity index (χ1) is 19.1. The molecule has 3 atom stereocenters. The molecule has 3 aromatic carbocycles. The van der Waals surface area contributed by atoms with E-state index in [1.54, 1.807) is 12.1 Å². The molecular formula is C32H35F2N3O3. The monoisotopic (exact) mass is 547 g/mol. The number of aryl methyl sites for hydroxylation is 1. The molecule has 2 aliphatic carbocycles. The van der Waals surface area contributed by atoms with Crippen LogP contribution in [0.2, 0.25) is 0 Å². The molecule has 0 spiro atoms. The van der Waals surface area contributed by atoms with E-state index < -0.39 is 23.6 Å². The van der Waals surface area contributed by atoms with Crippen molar-refractivity contribution in [1.82, 2.24) is 0 Å². The SMILES string of the molecule is Cc1ccc(NC(=O)Nc2cc(-c3cc(F)ccc3C(=O)O)c(F)cc2N(CC(C)C)[C@@H]2C[C@H]3CC[C@@H]2C3)cc1. The number of hydrogen-bond acceptors (Lipinski definition) is 3. The van der Waals surface area contributed by atoms with E-state index in [1.807, 2.05) is 19.1 Å². The van der Waals surface area contributed by atoms with Crippen LogP contribution in [0.5, 0.6) is 0 Å². The summed E-state index contributed by atoms with van der Waals surface area (Å²) >= 11 is 0. The second-order valence-corrected chi connectivity index (χ2v) is 11.6. The molecule has 0 aliphatic heterocycles. The fourth-order valence-electron chi connectivity index (χ4n) is 6.35. The summed E-state index contributed by atoms with van der Waals surface area (Å²) in [6.45, 7) is 6.83. The van der Waals surface area contributed by atoms with Gasteiger partial charge in [0.15, 0.2) is 0 Å². The lowest BCUT2D eigenvalue weighted by Crippen LogP contribution is -2.42. The lowest BCUT2D eigenvalue weighted by atomic mass is 9.92. The summed E-state index contributed by atoms with van der Waals surface area (Å²) in [6, 6.07) is 13.0. The highest BCUT2D eigenvalue weighted by atomic mass is 19.1. The number of aromatic carboxylic acids is 1. The largest absolute Gasteiger partial charge is 0.478 e. The highest BCUT2D eigenvalue weighted by Crippen LogP contribution is 2.49. The van der Waals surface area contributed by atoms with Crippen LogP contribution >= 0.6 is 0 Å². The van der Waals surface area contributed by atoms with Crippen molar-refractivity contribution in [3.63, 3.8) is 0 Å². The Bertz CT molecular complexity index is 1420. The van der Waals surface area contributed by atoms with Crippen LogP contribution in [0.1, 0.15) is 55.5 Å². The maximum Gasteiger partial charge on any atom is 0.336 e. The number of fused-ring (bicyclic) bond motifs is 2. The van der Waals surface area contributed by atoms with Gasteiger partial charge < -0.3 is 20.6 Å². The number of carbonyl (C=O) groups excluding carboxylic acids is 1. The predicted octanol–water partition coefficient (Wildman–Crippen LogP) is 7.93. The van der Waals surface area contributed by atoms with Gasteiger partial charge in [-0.25, -0.2) is 18.4 Å². The molecule has 5 rings (SSSR count). The van der Waals surface area contributed by atoms with E-state index in [9.17, 15) is 19.1 Å². The third kappa shape index (κ3) is 5.81. The lowest BCUT2D eigenvalue weighted by Gasteiger charge is -2.39. The predicted molar refractivity (Wildman–Crippen MR) is 154 cm³/mol. The van der Waals surface area contributed by atoms with Gasteiger partial charge >= 0.3 is 12.0 Å². The van der Waals surface area contributed by atoms with Crippen LogP contribution in [0, 0.1) is 36.3 Å². The van der Waals surface area contributed by atoms with E-state index >= 15 is 4.39 Å². The summed E-state index contributed by atoms with van der Waals surface area (Å²) in [5.74, 6) is -1.22. The van der Waals surface area contributed by atoms with Crippen molar-refractivity contribution in [3.8, 4) is 11.1 Å². The molecule has 2 bridgehead atoms. The maximum atomic E-state index is 15.9. The third-order valence-electron chi connectivity index (χ3n) is 8.12. The summed E-state index contributed by atoms with van der Waals surface area (Å²) in [4.78, 5) is 27.3. The molecule has 0 saturated heterocycles. The number of nitrogens with one attached hydrogen (secondary N) is 2. The summed E-state index contributed by atoms with van der Waals surface area (Å²) in [7, 11) is 0. The topological polar surface area (TPSA) is 81.7 Å². The molecule has 3 N–H and O–H groups in total. The number of anilines is 3. The maximum absolute atomic E-state index is 15.9. The molecule has 0 radical (unpaired) electrons. The van der Waals surface area contributed by atoms with Gasteiger partial charge in [0.25, 0.3) is 0 Å². The van der Waals surface area contributed by atoms with Crippen LogP contribution in [0.3, 0.4) is 0 Å². The summed E-state index contributed by atoms with van der Waals surface area (Å²) in [6.07, 6.45) is 4.52. The third-order valence-corrected chi connectivity index (χ3v) is 8.12. The summed E-state index contributed by atoms with van der Waals surface area (Å²) in [5, 5.41) is 15.4. The van der Waals surface area contributed by atoms with Crippen LogP contribution in [-0.4, -0.2) is 29.7 Å². The van der Waals surface area contributed by atoms with Crippen LogP contribution in [0.25, 0.3) is 11.1 Å². The molecule has 6 nitrogen and oxygen atoms in total. The highest BCUT2D eigenvalue weighted by molar-refractivity contribution is 6.03. The Hall–Kier alpha value is -3.94. The minimum absolute atomic E-state index is 0.0890. The average Bonchev–Trinajstić information content (AvgIpc) is 3.53. The molecule has 8 heteroatoms. The molecule has 3 aromatic rings. The van der Waals surface area contributed by atoms with E-state index in [1.165, 1.54) is 18.6 Å². The molecule has 2 amide bonds. The van der Waals surface area contributed by atoms with Crippen LogP contribution < -0.4 is 15.5 Å². The first-order valence-electron chi connectivity index (χ1n) is 13.9. The molecular weight excluding hydrogens is 512 g/mol. The van der Waals surface area contributed by atoms with Gasteiger partial charge in [-0.05, 0) is 86.4 Å². The standard InChI is InChI=1S/C32H35F2N3O3/c1-18(2)17-37(29-13-20-6-7-21(29)12-20)30-16-27(34)26(25-14-22(33)8-11-24(25)31(38)39)15-28(30)36-32(40)35-23-9-4-19(3)5-10-23/h4-5,8-11,14-16,18,20-21,29H,6-7,12-13,17H2,1-3H3,(H,38,39)(H2,35,36,40)/t20-,21+,29+/m0/s1. The molecule has 40 heavy (non-hydrogen) atoms. The first-order valence-corrected chi connectivity index (χ1v) is 13.9. The fourth-order valence-corrected chi connectivity index (χ4v) is 6.35. The number of amides is 2. The Balaban J connectivity index is 1.60. The van der Waals surface area contributed by atoms with Crippen molar-refractivity contribution in [3.05, 3.63) is 77.4 Å². The van der Waals surface area contributed by atoms with Gasteiger partial charge in [0, 0.05) is 29.4 Å². The van der Waals surface area contributed by atoms with Crippen molar-refractivity contribution in [1.29, 1.82) is 0 Å². The second kappa shape index (κ2) is 11.3. The van der Waals surface area contributed by atoms with E-state index in [-0.39, 0.29) is 28.7 Å². The number of rotatable bonds is 8. The molecule has 0 aromatic heterocycles. The Kier molecular flexibility index (Phi) is 7.79. The van der Waals surface area contributed by atoms with E-state index in [0.717, 1.165) is 43.0 Å². The van der Waals surface area contributed by atoms with Gasteiger partial charge in [-0.2, -0.15) is 0 Å². The van der Waals surface area contributed by atoms with Crippen LogP contribution in [0.4, 0.5) is 30.6 Å². The van der Waals surface area contributed by atoms with Crippen LogP contribution in [0.15, 0.2) is 54.6 Å². The van der Waals surface area contributed by atoms with E-state index in [4.69, 9.17) is 0 Å². The number of nitrogens with zero attached hydrogens (tertiary/aromatic N) is 1. The minimum atomic E-state index is -1.30. The van der Waals surface area contributed by atoms with Crippen molar-refractivity contribution in [2.24, 2.45) is 17.8 Å². The number of urea groups is 1. The fraction of sp³-hybridized carbons (Fsp3) is 0.375. The zero-order valence-electron chi connectivity index (χ0n) is 23.0. The van der Waals surface area contributed by atoms with Crippen molar-refractivity contribution in [2.75, 3.05) is 22.1 Å². The van der Waals surface area contributed by atoms with Gasteiger partial charge in [-0.1, -0.05) is 38.0 Å². The summed E-state index contributed by atoms with van der Waals surface area (Å²) < 4.78 is 30.2. The van der Waals surface area contributed by atoms with Gasteiger partial charge in [-0.3, -0.25) is 0 Å². The number of carboxylic acid groups (broad SMARTS) is 1. The average molecular weight is 548 g/mol. The number of carbonyl (C=O) groups is 2. The summed E-state index contributed by atoms with van der Waals surface area (Å²) in [5.41, 5.74) is 2.12. The van der Waals surface area contributed by atoms with Crippen LogP contribution in [-0.2, 0) is 0 Å². The van der Waals surface area contributed by atoms with Gasteiger partial charge in [-0.15, -0.1) is 0 Å². The second-order valence-electron chi connectivity index (χ2n) is 11.6. The first kappa shape index (κ1) is 27.6. The molecule has 2 fully saturated rings. The van der Waals surface area contributed by atoms with Gasteiger partial charge in [0.05, 0.1) is 16.9 Å². The zero-order chi connectivity index (χ0) is 28.6. The number of halogens is 2. The molecule has 2 saturated carbocycles. The quantitative estimate of drug-likeness (QED) is 0.267. The Morgan fingerprint density at radius 1 is 0.975 bits per heavy atom. The smallest absolute Gasteiger partial charge is 0.336 e.